The fourth-order valence-electron chi connectivity index (χ4n) is 5.62. The number of fused-ring (bicyclic) bond motifs is 1. The molecule has 0 radical (unpaired) electrons. The molecule has 2 amide bonds. The topological polar surface area (TPSA) is 77.7 Å². The summed E-state index contributed by atoms with van der Waals surface area (Å²) in [7, 11) is 1.64. The van der Waals surface area contributed by atoms with Crippen LogP contribution in [0.25, 0.3) is 10.9 Å². The first kappa shape index (κ1) is 25.5. The van der Waals surface area contributed by atoms with Gasteiger partial charge in [0.2, 0.25) is 5.91 Å². The third kappa shape index (κ3) is 6.37. The number of rotatable bonds is 8. The molecule has 1 aromatic heterocycles. The van der Waals surface area contributed by atoms with E-state index in [2.05, 4.69) is 22.1 Å². The summed E-state index contributed by atoms with van der Waals surface area (Å²) < 4.78 is 5.28. The lowest BCUT2D eigenvalue weighted by atomic mass is 9.84. The quantitative estimate of drug-likeness (QED) is 0.583. The molecule has 7 nitrogen and oxygen atoms in total. The Labute approximate surface area is 209 Å². The highest BCUT2D eigenvalue weighted by atomic mass is 16.5. The van der Waals surface area contributed by atoms with Crippen LogP contribution in [0.3, 0.4) is 0 Å². The molecular weight excluding hydrogens is 440 g/mol. The minimum Gasteiger partial charge on any atom is -0.497 e. The maximum Gasteiger partial charge on any atom is 0.270 e. The van der Waals surface area contributed by atoms with Gasteiger partial charge in [0.25, 0.3) is 5.91 Å². The van der Waals surface area contributed by atoms with Crippen molar-refractivity contribution in [3.63, 3.8) is 0 Å². The van der Waals surface area contributed by atoms with E-state index >= 15 is 0 Å². The predicted molar refractivity (Wildman–Crippen MR) is 140 cm³/mol. The molecule has 4 rings (SSSR count). The van der Waals surface area contributed by atoms with E-state index in [0.29, 0.717) is 30.7 Å². The van der Waals surface area contributed by atoms with Gasteiger partial charge < -0.3 is 24.8 Å². The van der Waals surface area contributed by atoms with Gasteiger partial charge >= 0.3 is 0 Å². The van der Waals surface area contributed by atoms with Gasteiger partial charge in [-0.05, 0) is 76.2 Å². The Morgan fingerprint density at radius 1 is 1.06 bits per heavy atom. The van der Waals surface area contributed by atoms with E-state index in [-0.39, 0.29) is 17.7 Å². The summed E-state index contributed by atoms with van der Waals surface area (Å²) in [5, 5.41) is 4.19. The second-order valence-corrected chi connectivity index (χ2v) is 10.4. The number of likely N-dealkylation sites (tertiary alicyclic amines) is 2. The van der Waals surface area contributed by atoms with E-state index in [1.807, 2.05) is 36.1 Å². The number of H-pyrrole nitrogens is 1. The van der Waals surface area contributed by atoms with Gasteiger partial charge in [-0.1, -0.05) is 19.8 Å². The summed E-state index contributed by atoms with van der Waals surface area (Å²) >= 11 is 0. The Hall–Kier alpha value is -2.54. The number of piperidine rings is 1. The molecule has 2 aliphatic rings. The number of methoxy groups -OCH3 is 1. The number of nitrogens with one attached hydrogen (secondary N) is 2. The van der Waals surface area contributed by atoms with E-state index in [0.717, 1.165) is 42.5 Å². The van der Waals surface area contributed by atoms with Crippen LogP contribution >= 0.6 is 0 Å². The van der Waals surface area contributed by atoms with E-state index in [1.54, 1.807) is 7.11 Å². The molecule has 2 fully saturated rings. The smallest absolute Gasteiger partial charge is 0.270 e. The van der Waals surface area contributed by atoms with Gasteiger partial charge in [-0.3, -0.25) is 9.59 Å². The molecule has 192 valence electrons. The Balaban J connectivity index is 1.22. The molecule has 3 heterocycles. The number of amides is 2. The van der Waals surface area contributed by atoms with Crippen LogP contribution in [0, 0.1) is 11.8 Å². The molecule has 1 aromatic carbocycles. The van der Waals surface area contributed by atoms with Crippen molar-refractivity contribution in [1.29, 1.82) is 0 Å². The maximum atomic E-state index is 13.1. The molecule has 0 spiro atoms. The number of ether oxygens (including phenoxy) is 1. The van der Waals surface area contributed by atoms with Crippen molar-refractivity contribution in [1.82, 2.24) is 20.1 Å². The predicted octanol–water partition coefficient (Wildman–Crippen LogP) is 4.44. The summed E-state index contributed by atoms with van der Waals surface area (Å²) in [6.07, 6.45) is 8.00. The van der Waals surface area contributed by atoms with Crippen LogP contribution in [0.5, 0.6) is 5.75 Å². The lowest BCUT2D eigenvalue weighted by Crippen LogP contribution is -2.43. The summed E-state index contributed by atoms with van der Waals surface area (Å²) in [6.45, 7) is 8.82. The molecule has 2 atom stereocenters. The van der Waals surface area contributed by atoms with Crippen LogP contribution < -0.4 is 10.1 Å². The highest BCUT2D eigenvalue weighted by Gasteiger charge is 2.30. The van der Waals surface area contributed by atoms with Crippen molar-refractivity contribution in [3.05, 3.63) is 30.0 Å². The van der Waals surface area contributed by atoms with Gasteiger partial charge in [0.05, 0.1) is 7.11 Å². The monoisotopic (exact) mass is 482 g/mol. The molecule has 2 aliphatic heterocycles. The fourth-order valence-corrected chi connectivity index (χ4v) is 5.62. The number of aromatic amines is 1. The second kappa shape index (κ2) is 11.9. The largest absolute Gasteiger partial charge is 0.497 e. The lowest BCUT2D eigenvalue weighted by Gasteiger charge is -2.34. The molecule has 2 N–H and O–H groups in total. The van der Waals surface area contributed by atoms with Crippen molar-refractivity contribution in [3.8, 4) is 5.75 Å². The van der Waals surface area contributed by atoms with Crippen LogP contribution in [0.1, 0.15) is 69.3 Å². The molecule has 0 aliphatic carbocycles. The van der Waals surface area contributed by atoms with Crippen LogP contribution in [0.2, 0.25) is 0 Å². The molecule has 2 unspecified atom stereocenters. The Morgan fingerprint density at radius 3 is 2.46 bits per heavy atom. The van der Waals surface area contributed by atoms with Crippen molar-refractivity contribution in [2.75, 3.05) is 39.8 Å². The molecule has 2 aromatic rings. The summed E-state index contributed by atoms with van der Waals surface area (Å²) in [5.74, 6) is 1.24. The van der Waals surface area contributed by atoms with E-state index in [1.165, 1.54) is 38.8 Å². The SMILES string of the molecule is COc1ccc2cc(C(=O)N3CCC(C(C)C(=O)NCCC(C)N4CCCCCC4)CC3)[nH]c2c1. The number of carbonyl (C=O) groups excluding carboxylic acids is 2. The van der Waals surface area contributed by atoms with E-state index in [9.17, 15) is 9.59 Å². The van der Waals surface area contributed by atoms with Crippen molar-refractivity contribution in [2.45, 2.75) is 64.8 Å². The molecule has 35 heavy (non-hydrogen) atoms. The highest BCUT2D eigenvalue weighted by molar-refractivity contribution is 5.98. The van der Waals surface area contributed by atoms with Crippen molar-refractivity contribution < 1.29 is 14.3 Å². The standard InChI is InChI=1S/C28H42N4O3/c1-20(31-14-6-4-5-7-15-31)10-13-29-27(33)21(2)22-11-16-32(17-12-22)28(34)26-18-23-8-9-24(35-3)19-25(23)30-26/h8-9,18-22,30H,4-7,10-17H2,1-3H3,(H,29,33). The van der Waals surface area contributed by atoms with Crippen LogP contribution in [-0.2, 0) is 4.79 Å². The van der Waals surface area contributed by atoms with Crippen molar-refractivity contribution >= 4 is 22.7 Å². The van der Waals surface area contributed by atoms with E-state index < -0.39 is 0 Å². The average molecular weight is 483 g/mol. The number of benzene rings is 1. The first-order valence-electron chi connectivity index (χ1n) is 13.4. The zero-order chi connectivity index (χ0) is 24.8. The minimum absolute atomic E-state index is 0.0261. The number of aromatic nitrogens is 1. The van der Waals surface area contributed by atoms with Gasteiger partial charge in [-0.15, -0.1) is 0 Å². The van der Waals surface area contributed by atoms with Crippen LogP contribution in [-0.4, -0.2) is 72.5 Å². The molecule has 0 saturated carbocycles. The average Bonchev–Trinajstić information content (AvgIpc) is 3.11. The highest BCUT2D eigenvalue weighted by Crippen LogP contribution is 2.27. The van der Waals surface area contributed by atoms with Crippen LogP contribution in [0.15, 0.2) is 24.3 Å². The number of carbonyl (C=O) groups is 2. The Kier molecular flexibility index (Phi) is 8.71. The maximum absolute atomic E-state index is 13.1. The zero-order valence-corrected chi connectivity index (χ0v) is 21.6. The molecule has 0 bridgehead atoms. The molecule has 2 saturated heterocycles. The first-order chi connectivity index (χ1) is 17.0. The second-order valence-electron chi connectivity index (χ2n) is 10.4. The first-order valence-corrected chi connectivity index (χ1v) is 13.4. The minimum atomic E-state index is -0.0266. The number of hydrogen-bond acceptors (Lipinski definition) is 4. The molecule has 7 heteroatoms. The van der Waals surface area contributed by atoms with Gasteiger partial charge in [0.1, 0.15) is 11.4 Å². The molecular formula is C28H42N4O3. The number of nitrogens with zero attached hydrogens (tertiary/aromatic N) is 2. The third-order valence-corrected chi connectivity index (χ3v) is 8.13. The van der Waals surface area contributed by atoms with Gasteiger partial charge in [-0.25, -0.2) is 0 Å². The Bertz CT molecular complexity index is 987. The van der Waals surface area contributed by atoms with Gasteiger partial charge in [0.15, 0.2) is 0 Å². The fraction of sp³-hybridized carbons (Fsp3) is 0.643. The van der Waals surface area contributed by atoms with E-state index in [4.69, 9.17) is 4.74 Å². The van der Waals surface area contributed by atoms with Gasteiger partial charge in [0, 0.05) is 48.6 Å². The zero-order valence-electron chi connectivity index (χ0n) is 21.6. The van der Waals surface area contributed by atoms with Crippen LogP contribution in [0.4, 0.5) is 0 Å². The van der Waals surface area contributed by atoms with Gasteiger partial charge in [-0.2, -0.15) is 0 Å². The lowest BCUT2D eigenvalue weighted by molar-refractivity contribution is -0.126. The summed E-state index contributed by atoms with van der Waals surface area (Å²) in [5.41, 5.74) is 1.51. The summed E-state index contributed by atoms with van der Waals surface area (Å²) in [6, 6.07) is 8.20. The summed E-state index contributed by atoms with van der Waals surface area (Å²) in [4.78, 5) is 33.6. The Morgan fingerprint density at radius 2 is 1.77 bits per heavy atom. The third-order valence-electron chi connectivity index (χ3n) is 8.13. The number of hydrogen-bond donors (Lipinski definition) is 2. The van der Waals surface area contributed by atoms with Crippen molar-refractivity contribution in [2.24, 2.45) is 11.8 Å². The normalized spacial score (nSPS) is 19.8.